The molecule has 1 N–H and O–H groups in total. The molecule has 0 spiro atoms. The summed E-state index contributed by atoms with van der Waals surface area (Å²) in [5.41, 5.74) is 4.26. The molecule has 1 aromatic carbocycles. The van der Waals surface area contributed by atoms with E-state index in [4.69, 9.17) is 0 Å². The Morgan fingerprint density at radius 3 is 2.71 bits per heavy atom. The van der Waals surface area contributed by atoms with E-state index in [9.17, 15) is 0 Å². The van der Waals surface area contributed by atoms with Crippen LogP contribution < -0.4 is 5.32 Å². The monoisotopic (exact) mass is 289 g/mol. The summed E-state index contributed by atoms with van der Waals surface area (Å²) in [4.78, 5) is 4.97. The summed E-state index contributed by atoms with van der Waals surface area (Å²) in [6.45, 7) is 7.96. The van der Waals surface area contributed by atoms with Crippen LogP contribution in [0.1, 0.15) is 23.1 Å². The van der Waals surface area contributed by atoms with Gasteiger partial charge in [0.05, 0.1) is 0 Å². The maximum Gasteiger partial charge on any atom is 0.0235 e. The summed E-state index contributed by atoms with van der Waals surface area (Å²) in [5.74, 6) is 0. The van der Waals surface area contributed by atoms with Gasteiger partial charge in [0.25, 0.3) is 0 Å². The quantitative estimate of drug-likeness (QED) is 0.895. The molecule has 0 aliphatic carbocycles. The number of hydrogen-bond acceptors (Lipinski definition) is 3. The summed E-state index contributed by atoms with van der Waals surface area (Å²) in [6, 6.07) is 8.00. The van der Waals surface area contributed by atoms with Crippen LogP contribution in [0.2, 0.25) is 0 Å². The van der Waals surface area contributed by atoms with Crippen molar-refractivity contribution in [2.24, 2.45) is 0 Å². The number of nitrogens with zero attached hydrogens (tertiary/aromatic N) is 2. The van der Waals surface area contributed by atoms with Crippen molar-refractivity contribution in [3.05, 3.63) is 34.9 Å². The first-order valence-electron chi connectivity index (χ1n) is 8.11. The molecule has 1 saturated heterocycles. The molecule has 1 fully saturated rings. The highest BCUT2D eigenvalue weighted by Crippen LogP contribution is 2.17. The molecule has 3 heteroatoms. The Morgan fingerprint density at radius 2 is 2.00 bits per heavy atom. The molecule has 118 valence electrons. The van der Waals surface area contributed by atoms with Crippen molar-refractivity contribution in [2.45, 2.75) is 38.8 Å². The fourth-order valence-electron chi connectivity index (χ4n) is 3.27. The van der Waals surface area contributed by atoms with Crippen LogP contribution in [0.25, 0.3) is 0 Å². The van der Waals surface area contributed by atoms with Gasteiger partial charge in [0.1, 0.15) is 0 Å². The first kappa shape index (κ1) is 16.5. The average molecular weight is 289 g/mol. The minimum atomic E-state index is 0.546. The number of aryl methyl sites for hydroxylation is 2. The maximum absolute atomic E-state index is 3.53. The Bertz CT molecular complexity index is 458. The SMILES string of the molecule is CNC(Cc1cc(C)ccc1C)CC1CN(C)CCN1C. The largest absolute Gasteiger partial charge is 0.317 e. The zero-order valence-electron chi connectivity index (χ0n) is 14.3. The molecule has 0 saturated carbocycles. The number of rotatable bonds is 5. The molecule has 0 radical (unpaired) electrons. The van der Waals surface area contributed by atoms with Gasteiger partial charge in [0.15, 0.2) is 0 Å². The van der Waals surface area contributed by atoms with E-state index in [1.165, 1.54) is 42.7 Å². The second kappa shape index (κ2) is 7.39. The van der Waals surface area contributed by atoms with Crippen LogP contribution in [-0.4, -0.2) is 62.7 Å². The van der Waals surface area contributed by atoms with E-state index in [-0.39, 0.29) is 0 Å². The normalized spacial score (nSPS) is 22.4. The molecule has 1 heterocycles. The minimum absolute atomic E-state index is 0.546. The van der Waals surface area contributed by atoms with Crippen LogP contribution in [0.5, 0.6) is 0 Å². The molecule has 2 atom stereocenters. The lowest BCUT2D eigenvalue weighted by atomic mass is 9.94. The van der Waals surface area contributed by atoms with Crippen molar-refractivity contribution in [1.82, 2.24) is 15.1 Å². The molecule has 21 heavy (non-hydrogen) atoms. The third kappa shape index (κ3) is 4.53. The first-order valence-corrected chi connectivity index (χ1v) is 8.11. The molecule has 0 bridgehead atoms. The molecule has 2 rings (SSSR count). The second-order valence-corrected chi connectivity index (χ2v) is 6.75. The van der Waals surface area contributed by atoms with E-state index in [0.29, 0.717) is 12.1 Å². The minimum Gasteiger partial charge on any atom is -0.317 e. The summed E-state index contributed by atoms with van der Waals surface area (Å²) in [6.07, 6.45) is 2.34. The molecule has 1 aromatic rings. The number of likely N-dealkylation sites (N-methyl/N-ethyl adjacent to an activating group) is 3. The highest BCUT2D eigenvalue weighted by molar-refractivity contribution is 5.31. The van der Waals surface area contributed by atoms with Gasteiger partial charge in [-0.2, -0.15) is 0 Å². The van der Waals surface area contributed by atoms with Crippen LogP contribution in [0.4, 0.5) is 0 Å². The van der Waals surface area contributed by atoms with Gasteiger partial charge in [-0.05, 0) is 59.0 Å². The van der Waals surface area contributed by atoms with Crippen LogP contribution in [0, 0.1) is 13.8 Å². The fourth-order valence-corrected chi connectivity index (χ4v) is 3.27. The van der Waals surface area contributed by atoms with Gasteiger partial charge in [-0.15, -0.1) is 0 Å². The van der Waals surface area contributed by atoms with Gasteiger partial charge in [-0.1, -0.05) is 23.8 Å². The third-order valence-corrected chi connectivity index (χ3v) is 4.92. The molecule has 0 aromatic heterocycles. The van der Waals surface area contributed by atoms with Gasteiger partial charge in [0.2, 0.25) is 0 Å². The predicted molar refractivity (Wildman–Crippen MR) is 91.0 cm³/mol. The van der Waals surface area contributed by atoms with Crippen molar-refractivity contribution in [3.63, 3.8) is 0 Å². The Balaban J connectivity index is 2.01. The van der Waals surface area contributed by atoms with Crippen molar-refractivity contribution in [3.8, 4) is 0 Å². The van der Waals surface area contributed by atoms with E-state index < -0.39 is 0 Å². The van der Waals surface area contributed by atoms with Gasteiger partial charge in [-0.25, -0.2) is 0 Å². The standard InChI is InChI=1S/C18H31N3/c1-14-6-7-15(2)16(10-14)11-17(19-3)12-18-13-20(4)8-9-21(18)5/h6-7,10,17-19H,8-9,11-13H2,1-5H3. The van der Waals surface area contributed by atoms with Crippen LogP contribution in [0.15, 0.2) is 18.2 Å². The van der Waals surface area contributed by atoms with E-state index in [0.717, 1.165) is 6.42 Å². The lowest BCUT2D eigenvalue weighted by molar-refractivity contribution is 0.102. The lowest BCUT2D eigenvalue weighted by Gasteiger charge is -2.39. The van der Waals surface area contributed by atoms with E-state index in [1.807, 2.05) is 0 Å². The van der Waals surface area contributed by atoms with Crippen LogP contribution >= 0.6 is 0 Å². The zero-order chi connectivity index (χ0) is 15.4. The van der Waals surface area contributed by atoms with Crippen LogP contribution in [-0.2, 0) is 6.42 Å². The Labute approximate surface area is 130 Å². The van der Waals surface area contributed by atoms with E-state index in [2.05, 4.69) is 68.3 Å². The maximum atomic E-state index is 3.53. The smallest absolute Gasteiger partial charge is 0.0235 e. The van der Waals surface area contributed by atoms with Gasteiger partial charge >= 0.3 is 0 Å². The van der Waals surface area contributed by atoms with Gasteiger partial charge < -0.3 is 15.1 Å². The van der Waals surface area contributed by atoms with Crippen molar-refractivity contribution >= 4 is 0 Å². The second-order valence-electron chi connectivity index (χ2n) is 6.75. The summed E-state index contributed by atoms with van der Waals surface area (Å²) in [5, 5.41) is 3.53. The van der Waals surface area contributed by atoms with E-state index in [1.54, 1.807) is 0 Å². The lowest BCUT2D eigenvalue weighted by Crippen LogP contribution is -2.52. The topological polar surface area (TPSA) is 18.5 Å². The Morgan fingerprint density at radius 1 is 1.24 bits per heavy atom. The predicted octanol–water partition coefficient (Wildman–Crippen LogP) is 2.07. The van der Waals surface area contributed by atoms with Gasteiger partial charge in [0, 0.05) is 31.7 Å². The third-order valence-electron chi connectivity index (χ3n) is 4.92. The summed E-state index contributed by atoms with van der Waals surface area (Å²) < 4.78 is 0. The Kier molecular flexibility index (Phi) is 5.80. The number of hydrogen-bond donors (Lipinski definition) is 1. The number of benzene rings is 1. The fraction of sp³-hybridized carbons (Fsp3) is 0.667. The number of nitrogens with one attached hydrogen (secondary N) is 1. The average Bonchev–Trinajstić information content (AvgIpc) is 2.45. The molecule has 1 aliphatic rings. The summed E-state index contributed by atoms with van der Waals surface area (Å²) >= 11 is 0. The molecule has 0 amide bonds. The molecular formula is C18H31N3. The van der Waals surface area contributed by atoms with Crippen molar-refractivity contribution in [1.29, 1.82) is 0 Å². The number of piperazine rings is 1. The highest BCUT2D eigenvalue weighted by Gasteiger charge is 2.25. The first-order chi connectivity index (χ1) is 9.99. The zero-order valence-corrected chi connectivity index (χ0v) is 14.3. The molecule has 2 unspecified atom stereocenters. The van der Waals surface area contributed by atoms with Gasteiger partial charge in [-0.3, -0.25) is 0 Å². The van der Waals surface area contributed by atoms with Crippen molar-refractivity contribution in [2.75, 3.05) is 40.8 Å². The van der Waals surface area contributed by atoms with E-state index >= 15 is 0 Å². The van der Waals surface area contributed by atoms with Crippen LogP contribution in [0.3, 0.4) is 0 Å². The highest BCUT2D eigenvalue weighted by atomic mass is 15.3. The van der Waals surface area contributed by atoms with Crippen molar-refractivity contribution < 1.29 is 0 Å². The Hall–Kier alpha value is -0.900. The molecular weight excluding hydrogens is 258 g/mol. The molecule has 1 aliphatic heterocycles. The summed E-state index contributed by atoms with van der Waals surface area (Å²) in [7, 11) is 6.60. The molecule has 3 nitrogen and oxygen atoms in total.